The van der Waals surface area contributed by atoms with Crippen LogP contribution in [0.15, 0.2) is 48.7 Å². The van der Waals surface area contributed by atoms with Crippen molar-refractivity contribution in [3.8, 4) is 11.4 Å². The SMILES string of the molecule is Cc1nc(C2CCC2)ccc1NC(=O)c1ccnc2nc(-c3ccc(F)cc3)[nH]c12. The van der Waals surface area contributed by atoms with Crippen molar-refractivity contribution in [2.24, 2.45) is 0 Å². The fourth-order valence-corrected chi connectivity index (χ4v) is 3.68. The molecule has 0 spiro atoms. The summed E-state index contributed by atoms with van der Waals surface area (Å²) < 4.78 is 13.2. The number of aromatic nitrogens is 4. The average Bonchev–Trinajstić information content (AvgIpc) is 3.13. The molecule has 1 aliphatic carbocycles. The van der Waals surface area contributed by atoms with Gasteiger partial charge in [-0.15, -0.1) is 0 Å². The number of nitrogens with one attached hydrogen (secondary N) is 2. The molecule has 30 heavy (non-hydrogen) atoms. The Bertz CT molecular complexity index is 1240. The van der Waals surface area contributed by atoms with Gasteiger partial charge in [0.05, 0.1) is 22.5 Å². The first kappa shape index (κ1) is 18.4. The Balaban J connectivity index is 1.44. The molecule has 0 saturated heterocycles. The van der Waals surface area contributed by atoms with Crippen molar-refractivity contribution < 1.29 is 9.18 Å². The van der Waals surface area contributed by atoms with Crippen LogP contribution in [0, 0.1) is 12.7 Å². The number of aromatic amines is 1. The van der Waals surface area contributed by atoms with Crippen LogP contribution in [0.25, 0.3) is 22.6 Å². The number of halogens is 1. The molecule has 3 heterocycles. The number of imidazole rings is 1. The van der Waals surface area contributed by atoms with Crippen LogP contribution in [-0.2, 0) is 0 Å². The van der Waals surface area contributed by atoms with Crippen molar-refractivity contribution >= 4 is 22.8 Å². The number of pyridine rings is 2. The number of carbonyl (C=O) groups is 1. The van der Waals surface area contributed by atoms with E-state index in [0.717, 1.165) is 11.4 Å². The van der Waals surface area contributed by atoms with E-state index in [1.165, 1.54) is 31.4 Å². The Morgan fingerprint density at radius 3 is 2.60 bits per heavy atom. The van der Waals surface area contributed by atoms with Gasteiger partial charge in [0.2, 0.25) is 0 Å². The number of benzene rings is 1. The zero-order chi connectivity index (χ0) is 20.7. The lowest BCUT2D eigenvalue weighted by Gasteiger charge is -2.25. The summed E-state index contributed by atoms with van der Waals surface area (Å²) in [6, 6.07) is 11.6. The molecule has 6 nitrogen and oxygen atoms in total. The van der Waals surface area contributed by atoms with Crippen molar-refractivity contribution in [2.75, 3.05) is 5.32 Å². The Morgan fingerprint density at radius 2 is 1.90 bits per heavy atom. The first-order valence-electron chi connectivity index (χ1n) is 9.98. The number of rotatable bonds is 4. The number of H-pyrrole nitrogens is 1. The highest BCUT2D eigenvalue weighted by Gasteiger charge is 2.22. The lowest BCUT2D eigenvalue weighted by Crippen LogP contribution is -2.16. The molecule has 2 N–H and O–H groups in total. The number of hydrogen-bond donors (Lipinski definition) is 2. The molecule has 1 fully saturated rings. The van der Waals surface area contributed by atoms with Gasteiger partial charge in [-0.3, -0.25) is 9.78 Å². The third kappa shape index (κ3) is 3.32. The number of fused-ring (bicyclic) bond motifs is 1. The second-order valence-electron chi connectivity index (χ2n) is 7.60. The topological polar surface area (TPSA) is 83.6 Å². The van der Waals surface area contributed by atoms with Crippen LogP contribution in [0.4, 0.5) is 10.1 Å². The number of aryl methyl sites for hydroxylation is 1. The van der Waals surface area contributed by atoms with E-state index in [2.05, 4.69) is 25.3 Å². The summed E-state index contributed by atoms with van der Waals surface area (Å²) in [6.07, 6.45) is 5.18. The van der Waals surface area contributed by atoms with Crippen LogP contribution in [-0.4, -0.2) is 25.8 Å². The lowest BCUT2D eigenvalue weighted by atomic mass is 9.82. The zero-order valence-corrected chi connectivity index (χ0v) is 16.4. The zero-order valence-electron chi connectivity index (χ0n) is 16.4. The summed E-state index contributed by atoms with van der Waals surface area (Å²) >= 11 is 0. The van der Waals surface area contributed by atoms with Crippen molar-refractivity contribution in [2.45, 2.75) is 32.1 Å². The average molecular weight is 401 g/mol. The first-order chi connectivity index (χ1) is 14.6. The fourth-order valence-electron chi connectivity index (χ4n) is 3.68. The van der Waals surface area contributed by atoms with Gasteiger partial charge in [-0.1, -0.05) is 6.42 Å². The van der Waals surface area contributed by atoms with E-state index in [4.69, 9.17) is 0 Å². The maximum Gasteiger partial charge on any atom is 0.258 e. The second kappa shape index (κ2) is 7.33. The molecule has 1 aliphatic rings. The fraction of sp³-hybridized carbons (Fsp3) is 0.217. The van der Waals surface area contributed by atoms with E-state index in [1.54, 1.807) is 24.4 Å². The summed E-state index contributed by atoms with van der Waals surface area (Å²) in [6.45, 7) is 1.91. The van der Waals surface area contributed by atoms with E-state index >= 15 is 0 Å². The van der Waals surface area contributed by atoms with E-state index in [-0.39, 0.29) is 11.7 Å². The Hall–Kier alpha value is -3.61. The van der Waals surface area contributed by atoms with Gasteiger partial charge in [0, 0.05) is 23.4 Å². The highest BCUT2D eigenvalue weighted by atomic mass is 19.1. The van der Waals surface area contributed by atoms with Crippen LogP contribution in [0.5, 0.6) is 0 Å². The predicted octanol–water partition coefficient (Wildman–Crippen LogP) is 4.99. The third-order valence-electron chi connectivity index (χ3n) is 5.63. The quantitative estimate of drug-likeness (QED) is 0.505. The van der Waals surface area contributed by atoms with Gasteiger partial charge in [0.1, 0.15) is 11.6 Å². The van der Waals surface area contributed by atoms with Crippen LogP contribution in [0.1, 0.15) is 46.9 Å². The Labute approximate surface area is 172 Å². The molecule has 1 saturated carbocycles. The highest BCUT2D eigenvalue weighted by molar-refractivity contribution is 6.11. The molecule has 0 radical (unpaired) electrons. The molecule has 1 amide bonds. The van der Waals surface area contributed by atoms with E-state index in [0.29, 0.717) is 39.7 Å². The molecular weight excluding hydrogens is 381 g/mol. The number of amides is 1. The number of anilines is 1. The number of hydrogen-bond acceptors (Lipinski definition) is 4. The molecule has 4 aromatic rings. The monoisotopic (exact) mass is 401 g/mol. The summed E-state index contributed by atoms with van der Waals surface area (Å²) in [4.78, 5) is 29.5. The van der Waals surface area contributed by atoms with Gasteiger partial charge in [-0.2, -0.15) is 0 Å². The molecule has 0 bridgehead atoms. The molecule has 7 heteroatoms. The number of carbonyl (C=O) groups excluding carboxylic acids is 1. The van der Waals surface area contributed by atoms with Crippen molar-refractivity contribution in [3.05, 3.63) is 71.4 Å². The minimum atomic E-state index is -0.319. The molecule has 1 aromatic carbocycles. The lowest BCUT2D eigenvalue weighted by molar-refractivity contribution is 0.102. The van der Waals surface area contributed by atoms with Crippen LogP contribution < -0.4 is 5.32 Å². The predicted molar refractivity (Wildman–Crippen MR) is 113 cm³/mol. The highest BCUT2D eigenvalue weighted by Crippen LogP contribution is 2.36. The first-order valence-corrected chi connectivity index (χ1v) is 9.98. The van der Waals surface area contributed by atoms with E-state index < -0.39 is 0 Å². The maximum atomic E-state index is 13.2. The van der Waals surface area contributed by atoms with Crippen LogP contribution >= 0.6 is 0 Å². The molecule has 0 atom stereocenters. The van der Waals surface area contributed by atoms with E-state index in [1.807, 2.05) is 19.1 Å². The Morgan fingerprint density at radius 1 is 1.10 bits per heavy atom. The van der Waals surface area contributed by atoms with Gasteiger partial charge >= 0.3 is 0 Å². The largest absolute Gasteiger partial charge is 0.336 e. The molecule has 0 aliphatic heterocycles. The van der Waals surface area contributed by atoms with Crippen LogP contribution in [0.3, 0.4) is 0 Å². The summed E-state index contributed by atoms with van der Waals surface area (Å²) in [5.74, 6) is 0.488. The molecule has 3 aromatic heterocycles. The summed E-state index contributed by atoms with van der Waals surface area (Å²) in [7, 11) is 0. The third-order valence-corrected chi connectivity index (χ3v) is 5.63. The maximum absolute atomic E-state index is 13.2. The summed E-state index contributed by atoms with van der Waals surface area (Å²) in [5, 5.41) is 2.95. The standard InChI is InChI=1S/C23H20FN5O/c1-13-18(9-10-19(26-13)14-3-2-4-14)27-23(30)17-11-12-25-22-20(17)28-21(29-22)15-5-7-16(24)8-6-15/h5-12,14H,2-4H2,1H3,(H,27,30)(H,25,28,29). The molecule has 5 rings (SSSR count). The van der Waals surface area contributed by atoms with Crippen LogP contribution in [0.2, 0.25) is 0 Å². The van der Waals surface area contributed by atoms with Crippen molar-refractivity contribution in [3.63, 3.8) is 0 Å². The smallest absolute Gasteiger partial charge is 0.258 e. The second-order valence-corrected chi connectivity index (χ2v) is 7.60. The number of nitrogens with zero attached hydrogens (tertiary/aromatic N) is 3. The normalized spacial score (nSPS) is 13.9. The molecular formula is C23H20FN5O. The van der Waals surface area contributed by atoms with Crippen molar-refractivity contribution in [1.29, 1.82) is 0 Å². The summed E-state index contributed by atoms with van der Waals surface area (Å²) in [5.41, 5.74) is 4.69. The van der Waals surface area contributed by atoms with Crippen molar-refractivity contribution in [1.82, 2.24) is 19.9 Å². The molecule has 0 unspecified atom stereocenters. The van der Waals surface area contributed by atoms with Gasteiger partial charge in [-0.05, 0) is 62.2 Å². The van der Waals surface area contributed by atoms with Gasteiger partial charge in [-0.25, -0.2) is 14.4 Å². The minimum absolute atomic E-state index is 0.266. The van der Waals surface area contributed by atoms with E-state index in [9.17, 15) is 9.18 Å². The van der Waals surface area contributed by atoms with Gasteiger partial charge in [0.25, 0.3) is 5.91 Å². The molecule has 150 valence electrons. The van der Waals surface area contributed by atoms with Gasteiger partial charge < -0.3 is 10.3 Å². The Kier molecular flexibility index (Phi) is 4.50. The van der Waals surface area contributed by atoms with Gasteiger partial charge in [0.15, 0.2) is 5.65 Å². The minimum Gasteiger partial charge on any atom is -0.336 e.